The summed E-state index contributed by atoms with van der Waals surface area (Å²) in [6.07, 6.45) is 0.931. The average Bonchev–Trinajstić information content (AvgIpc) is 3.23. The zero-order valence-electron chi connectivity index (χ0n) is 13.9. The van der Waals surface area contributed by atoms with E-state index in [1.807, 2.05) is 24.3 Å². The number of nitrogens with zero attached hydrogens (tertiary/aromatic N) is 1. The molecular formula is C20H20N2O3. The Labute approximate surface area is 146 Å². The van der Waals surface area contributed by atoms with Crippen LogP contribution < -0.4 is 5.73 Å². The van der Waals surface area contributed by atoms with Gasteiger partial charge in [0, 0.05) is 12.5 Å². The molecular weight excluding hydrogens is 316 g/mol. The quantitative estimate of drug-likeness (QED) is 0.937. The molecule has 25 heavy (non-hydrogen) atoms. The zero-order chi connectivity index (χ0) is 17.4. The summed E-state index contributed by atoms with van der Waals surface area (Å²) in [4.78, 5) is 25.4. The Morgan fingerprint density at radius 2 is 1.64 bits per heavy atom. The number of hydrogen-bond acceptors (Lipinski definition) is 3. The second kappa shape index (κ2) is 6.24. The van der Waals surface area contributed by atoms with E-state index in [4.69, 9.17) is 10.5 Å². The van der Waals surface area contributed by atoms with Crippen molar-refractivity contribution in [2.75, 3.05) is 13.2 Å². The smallest absolute Gasteiger partial charge is 0.410 e. The molecule has 1 fully saturated rings. The fraction of sp³-hybridized carbons (Fsp3) is 0.300. The Kier molecular flexibility index (Phi) is 3.92. The lowest BCUT2D eigenvalue weighted by Crippen LogP contribution is -2.44. The minimum absolute atomic E-state index is 0.0194. The lowest BCUT2D eigenvalue weighted by molar-refractivity contribution is -0.121. The maximum Gasteiger partial charge on any atom is 0.410 e. The number of rotatable bonds is 3. The number of primary amides is 1. The van der Waals surface area contributed by atoms with Crippen LogP contribution in [0.3, 0.4) is 0 Å². The number of hydrogen-bond donors (Lipinski definition) is 1. The van der Waals surface area contributed by atoms with Crippen LogP contribution in [-0.2, 0) is 9.53 Å². The first-order valence-electron chi connectivity index (χ1n) is 8.57. The molecule has 1 aliphatic carbocycles. The van der Waals surface area contributed by atoms with Gasteiger partial charge in [0.15, 0.2) is 0 Å². The molecule has 2 amide bonds. The van der Waals surface area contributed by atoms with Crippen LogP contribution in [0.1, 0.15) is 29.9 Å². The van der Waals surface area contributed by atoms with Crippen molar-refractivity contribution in [2.45, 2.75) is 24.8 Å². The topological polar surface area (TPSA) is 72.6 Å². The van der Waals surface area contributed by atoms with Crippen LogP contribution in [0.2, 0.25) is 0 Å². The van der Waals surface area contributed by atoms with Crippen LogP contribution in [0.15, 0.2) is 48.5 Å². The monoisotopic (exact) mass is 336 g/mol. The zero-order valence-corrected chi connectivity index (χ0v) is 13.9. The number of carbonyl (C=O) groups is 2. The van der Waals surface area contributed by atoms with Gasteiger partial charge in [-0.05, 0) is 35.1 Å². The number of benzene rings is 2. The SMILES string of the molecule is NC(=O)[C@@H]1CCCN1C(=O)OCC1c2ccccc2-c2ccccc21. The molecule has 0 unspecified atom stereocenters. The second-order valence-corrected chi connectivity index (χ2v) is 6.56. The molecule has 2 aliphatic rings. The number of nitrogens with two attached hydrogens (primary N) is 1. The fourth-order valence-corrected chi connectivity index (χ4v) is 3.96. The number of fused-ring (bicyclic) bond motifs is 3. The fourth-order valence-electron chi connectivity index (χ4n) is 3.96. The van der Waals surface area contributed by atoms with E-state index in [0.717, 1.165) is 6.42 Å². The Hall–Kier alpha value is -2.82. The maximum atomic E-state index is 12.4. The summed E-state index contributed by atoms with van der Waals surface area (Å²) in [6.45, 7) is 0.777. The molecule has 1 saturated heterocycles. The Morgan fingerprint density at radius 3 is 2.24 bits per heavy atom. The number of ether oxygens (including phenoxy) is 1. The number of likely N-dealkylation sites (tertiary alicyclic amines) is 1. The van der Waals surface area contributed by atoms with Crippen molar-refractivity contribution >= 4 is 12.0 Å². The first-order chi connectivity index (χ1) is 12.2. The third-order valence-corrected chi connectivity index (χ3v) is 5.15. The van der Waals surface area contributed by atoms with Gasteiger partial charge in [-0.25, -0.2) is 4.79 Å². The van der Waals surface area contributed by atoms with Gasteiger partial charge in [0.2, 0.25) is 5.91 Å². The Bertz CT molecular complexity index is 788. The van der Waals surface area contributed by atoms with E-state index in [-0.39, 0.29) is 12.5 Å². The van der Waals surface area contributed by atoms with E-state index in [1.165, 1.54) is 27.2 Å². The van der Waals surface area contributed by atoms with E-state index in [2.05, 4.69) is 24.3 Å². The van der Waals surface area contributed by atoms with E-state index < -0.39 is 18.0 Å². The van der Waals surface area contributed by atoms with Crippen LogP contribution >= 0.6 is 0 Å². The molecule has 0 bridgehead atoms. The molecule has 2 aromatic carbocycles. The highest BCUT2D eigenvalue weighted by Gasteiger charge is 2.35. The molecule has 0 spiro atoms. The van der Waals surface area contributed by atoms with Gasteiger partial charge in [-0.1, -0.05) is 48.5 Å². The Morgan fingerprint density at radius 1 is 1.04 bits per heavy atom. The minimum Gasteiger partial charge on any atom is -0.448 e. The molecule has 0 saturated carbocycles. The molecule has 1 heterocycles. The van der Waals surface area contributed by atoms with Gasteiger partial charge in [-0.15, -0.1) is 0 Å². The first-order valence-corrected chi connectivity index (χ1v) is 8.57. The van der Waals surface area contributed by atoms with Crippen LogP contribution in [-0.4, -0.2) is 36.1 Å². The van der Waals surface area contributed by atoms with Crippen molar-refractivity contribution in [1.82, 2.24) is 4.90 Å². The summed E-state index contributed by atoms with van der Waals surface area (Å²) in [7, 11) is 0. The molecule has 1 atom stereocenters. The predicted octanol–water partition coefficient (Wildman–Crippen LogP) is 2.89. The van der Waals surface area contributed by atoms with Crippen LogP contribution in [0.5, 0.6) is 0 Å². The van der Waals surface area contributed by atoms with Gasteiger partial charge in [0.1, 0.15) is 12.6 Å². The van der Waals surface area contributed by atoms with E-state index in [9.17, 15) is 9.59 Å². The van der Waals surface area contributed by atoms with Crippen molar-refractivity contribution in [1.29, 1.82) is 0 Å². The van der Waals surface area contributed by atoms with E-state index in [1.54, 1.807) is 0 Å². The summed E-state index contributed by atoms with van der Waals surface area (Å²) in [5.74, 6) is -0.447. The van der Waals surface area contributed by atoms with E-state index in [0.29, 0.717) is 13.0 Å². The van der Waals surface area contributed by atoms with Gasteiger partial charge in [0.25, 0.3) is 0 Å². The molecule has 128 valence electrons. The minimum atomic E-state index is -0.546. The third-order valence-electron chi connectivity index (χ3n) is 5.15. The maximum absolute atomic E-state index is 12.4. The summed E-state index contributed by atoms with van der Waals surface area (Å²) in [5, 5.41) is 0. The van der Waals surface area contributed by atoms with Crippen LogP contribution in [0.4, 0.5) is 4.79 Å². The molecule has 2 aromatic rings. The summed E-state index contributed by atoms with van der Waals surface area (Å²) >= 11 is 0. The van der Waals surface area contributed by atoms with Gasteiger partial charge >= 0.3 is 6.09 Å². The summed E-state index contributed by atoms with van der Waals surface area (Å²) in [6, 6.07) is 15.9. The van der Waals surface area contributed by atoms with Gasteiger partial charge < -0.3 is 10.5 Å². The molecule has 5 nitrogen and oxygen atoms in total. The Balaban J connectivity index is 1.53. The molecule has 4 rings (SSSR count). The molecule has 1 aliphatic heterocycles. The molecule has 5 heteroatoms. The van der Waals surface area contributed by atoms with Crippen LogP contribution in [0, 0.1) is 0 Å². The van der Waals surface area contributed by atoms with Gasteiger partial charge in [-0.3, -0.25) is 9.69 Å². The highest BCUT2D eigenvalue weighted by molar-refractivity contribution is 5.85. The summed E-state index contributed by atoms with van der Waals surface area (Å²) < 4.78 is 5.58. The lowest BCUT2D eigenvalue weighted by atomic mass is 9.98. The van der Waals surface area contributed by atoms with Crippen molar-refractivity contribution < 1.29 is 14.3 Å². The lowest BCUT2D eigenvalue weighted by Gasteiger charge is -2.23. The van der Waals surface area contributed by atoms with Crippen molar-refractivity contribution in [2.24, 2.45) is 5.73 Å². The third kappa shape index (κ3) is 2.65. The second-order valence-electron chi connectivity index (χ2n) is 6.56. The summed E-state index contributed by atoms with van der Waals surface area (Å²) in [5.41, 5.74) is 10.1. The first kappa shape index (κ1) is 15.7. The van der Waals surface area contributed by atoms with Gasteiger partial charge in [-0.2, -0.15) is 0 Å². The molecule has 0 aromatic heterocycles. The van der Waals surface area contributed by atoms with Crippen LogP contribution in [0.25, 0.3) is 11.1 Å². The van der Waals surface area contributed by atoms with Crippen molar-refractivity contribution in [3.05, 3.63) is 59.7 Å². The standard InChI is InChI=1S/C20H20N2O3/c21-19(23)18-10-5-11-22(18)20(24)25-12-17-15-8-3-1-6-13(15)14-7-2-4-9-16(14)17/h1-4,6-9,17-18H,5,10-12H2,(H2,21,23)/t18-/m0/s1. The predicted molar refractivity (Wildman–Crippen MR) is 94.0 cm³/mol. The number of amides is 2. The largest absolute Gasteiger partial charge is 0.448 e. The number of carbonyl (C=O) groups excluding carboxylic acids is 2. The highest BCUT2D eigenvalue weighted by Crippen LogP contribution is 2.44. The van der Waals surface area contributed by atoms with Crippen molar-refractivity contribution in [3.63, 3.8) is 0 Å². The van der Waals surface area contributed by atoms with Crippen molar-refractivity contribution in [3.8, 4) is 11.1 Å². The molecule has 2 N–H and O–H groups in total. The average molecular weight is 336 g/mol. The van der Waals surface area contributed by atoms with Gasteiger partial charge in [0.05, 0.1) is 0 Å². The molecule has 0 radical (unpaired) electrons. The normalized spacial score (nSPS) is 18.7. The highest BCUT2D eigenvalue weighted by atomic mass is 16.6. The van der Waals surface area contributed by atoms with E-state index >= 15 is 0 Å².